The van der Waals surface area contributed by atoms with Crippen LogP contribution in [0.2, 0.25) is 0 Å². The smallest absolute Gasteiger partial charge is 0.332 e. The molecule has 2 aliphatic carbocycles. The highest BCUT2D eigenvalue weighted by Crippen LogP contribution is 2.37. The highest BCUT2D eigenvalue weighted by atomic mass is 16.6. The van der Waals surface area contributed by atoms with E-state index in [4.69, 9.17) is 9.47 Å². The Hall–Kier alpha value is -4.00. The van der Waals surface area contributed by atoms with Crippen LogP contribution in [0, 0.1) is 0 Å². The molecule has 0 aromatic heterocycles. The fraction of sp³-hybridized carbons (Fsp3) is 0.333. The number of ether oxygens (including phenoxy) is 2. The molecule has 0 bridgehead atoms. The summed E-state index contributed by atoms with van der Waals surface area (Å²) in [5.74, 6) is -1.20. The van der Waals surface area contributed by atoms with Crippen molar-refractivity contribution in [2.45, 2.75) is 49.0 Å². The highest BCUT2D eigenvalue weighted by molar-refractivity contribution is 5.91. The van der Waals surface area contributed by atoms with E-state index in [1.807, 2.05) is 74.4 Å². The number of carbonyl (C=O) groups is 2. The third-order valence-corrected chi connectivity index (χ3v) is 7.86. The van der Waals surface area contributed by atoms with Crippen LogP contribution in [0.3, 0.4) is 0 Å². The number of carbonyl (C=O) groups excluding carboxylic acids is 2. The minimum absolute atomic E-state index is 0.396. The summed E-state index contributed by atoms with van der Waals surface area (Å²) in [6.07, 6.45) is 21.4. The fourth-order valence-corrected chi connectivity index (χ4v) is 5.49. The molecule has 0 N–H and O–H groups in total. The van der Waals surface area contributed by atoms with Crippen molar-refractivity contribution in [2.24, 2.45) is 0 Å². The van der Waals surface area contributed by atoms with Crippen molar-refractivity contribution in [3.05, 3.63) is 133 Å². The maximum Gasteiger partial charge on any atom is 0.332 e. The normalized spacial score (nSPS) is 18.3. The largest absolute Gasteiger partial charge is 0.443 e. The van der Waals surface area contributed by atoms with Crippen molar-refractivity contribution >= 4 is 11.9 Å². The molecule has 0 heterocycles. The van der Waals surface area contributed by atoms with E-state index in [2.05, 4.69) is 72.9 Å². The van der Waals surface area contributed by atoms with Crippen LogP contribution in [0.4, 0.5) is 0 Å². The molecule has 2 atom stereocenters. The molecule has 2 aliphatic rings. The summed E-state index contributed by atoms with van der Waals surface area (Å²) in [6, 6.07) is 20.4. The molecule has 6 heteroatoms. The molecular weight excluding hydrogens is 524 g/mol. The third kappa shape index (κ3) is 7.84. The first kappa shape index (κ1) is 30.9. The zero-order chi connectivity index (χ0) is 30.0. The van der Waals surface area contributed by atoms with Crippen molar-refractivity contribution in [1.82, 2.24) is 9.80 Å². The fourth-order valence-electron chi connectivity index (χ4n) is 5.49. The predicted octanol–water partition coefficient (Wildman–Crippen LogP) is 6.09. The molecule has 0 saturated heterocycles. The summed E-state index contributed by atoms with van der Waals surface area (Å²) in [6.45, 7) is 0. The van der Waals surface area contributed by atoms with Gasteiger partial charge in [0.15, 0.2) is 12.5 Å². The summed E-state index contributed by atoms with van der Waals surface area (Å²) in [5, 5.41) is 0. The Morgan fingerprint density at radius 1 is 0.643 bits per heavy atom. The first-order valence-corrected chi connectivity index (χ1v) is 14.5. The van der Waals surface area contributed by atoms with Gasteiger partial charge in [-0.15, -0.1) is 0 Å². The minimum Gasteiger partial charge on any atom is -0.443 e. The van der Waals surface area contributed by atoms with E-state index in [1.165, 1.54) is 0 Å². The Morgan fingerprint density at radius 3 is 1.29 bits per heavy atom. The van der Waals surface area contributed by atoms with E-state index >= 15 is 0 Å². The number of benzene rings is 2. The highest BCUT2D eigenvalue weighted by Gasteiger charge is 2.35. The number of nitrogens with zero attached hydrogens (tertiary/aromatic N) is 2. The summed E-state index contributed by atoms with van der Waals surface area (Å²) in [7, 11) is 7.51. The molecule has 220 valence electrons. The van der Waals surface area contributed by atoms with Crippen LogP contribution in [-0.4, -0.2) is 62.4 Å². The SMILES string of the molecule is CN(C)C(CC1(c2ccccc2)C=CCC=C1)OC(=O)/C=C\C(=O)OC(CC1(c2ccccc2)C=CCC=C1)N(C)C. The maximum absolute atomic E-state index is 12.9. The Kier molecular flexibility index (Phi) is 10.5. The molecular formula is C36H42N2O4. The van der Waals surface area contributed by atoms with E-state index in [9.17, 15) is 9.59 Å². The third-order valence-electron chi connectivity index (χ3n) is 7.86. The van der Waals surface area contributed by atoms with Gasteiger partial charge in [-0.1, -0.05) is 109 Å². The maximum atomic E-state index is 12.9. The van der Waals surface area contributed by atoms with Crippen LogP contribution in [0.15, 0.2) is 121 Å². The molecule has 0 radical (unpaired) electrons. The molecule has 0 spiro atoms. The Bertz CT molecular complexity index is 1210. The Morgan fingerprint density at radius 2 is 0.976 bits per heavy atom. The average molecular weight is 567 g/mol. The first-order valence-electron chi connectivity index (χ1n) is 14.5. The second-order valence-electron chi connectivity index (χ2n) is 11.3. The summed E-state index contributed by atoms with van der Waals surface area (Å²) in [4.78, 5) is 29.6. The number of hydrogen-bond donors (Lipinski definition) is 0. The van der Waals surface area contributed by atoms with Gasteiger partial charge in [0.1, 0.15) is 0 Å². The van der Waals surface area contributed by atoms with Gasteiger partial charge in [-0.05, 0) is 52.2 Å². The van der Waals surface area contributed by atoms with E-state index in [1.54, 1.807) is 0 Å². The lowest BCUT2D eigenvalue weighted by Gasteiger charge is -2.36. The molecule has 2 aromatic rings. The van der Waals surface area contributed by atoms with Crippen LogP contribution in [0.25, 0.3) is 0 Å². The van der Waals surface area contributed by atoms with Crippen molar-refractivity contribution in [3.8, 4) is 0 Å². The monoisotopic (exact) mass is 566 g/mol. The number of hydrogen-bond acceptors (Lipinski definition) is 6. The molecule has 0 aliphatic heterocycles. The standard InChI is InChI=1S/C36H42N2O4/c1-37(2)31(27-35(23-13-7-14-24-35)29-17-9-5-10-18-29)41-33(39)21-22-34(40)42-32(38(3)4)28-36(25-15-8-16-26-36)30-19-11-6-12-20-30/h5-6,9-26,31-32H,7-8,27-28H2,1-4H3/b22-21-. The quantitative estimate of drug-likeness (QED) is 0.134. The van der Waals surface area contributed by atoms with Crippen LogP contribution >= 0.6 is 0 Å². The van der Waals surface area contributed by atoms with Crippen molar-refractivity contribution in [2.75, 3.05) is 28.2 Å². The van der Waals surface area contributed by atoms with Gasteiger partial charge >= 0.3 is 11.9 Å². The van der Waals surface area contributed by atoms with E-state index in [0.717, 1.165) is 36.1 Å². The van der Waals surface area contributed by atoms with Gasteiger partial charge < -0.3 is 9.47 Å². The van der Waals surface area contributed by atoms with Gasteiger partial charge in [-0.2, -0.15) is 0 Å². The molecule has 2 aromatic carbocycles. The van der Waals surface area contributed by atoms with Gasteiger partial charge in [-0.3, -0.25) is 9.80 Å². The van der Waals surface area contributed by atoms with Crippen LogP contribution in [0.1, 0.15) is 36.8 Å². The predicted molar refractivity (Wildman–Crippen MR) is 168 cm³/mol. The zero-order valence-electron chi connectivity index (χ0n) is 25.1. The lowest BCUT2D eigenvalue weighted by atomic mass is 9.74. The molecule has 4 rings (SSSR count). The Balaban J connectivity index is 1.42. The van der Waals surface area contributed by atoms with Crippen molar-refractivity contribution in [3.63, 3.8) is 0 Å². The summed E-state index contributed by atoms with van der Waals surface area (Å²) in [5.41, 5.74) is 1.47. The molecule has 6 nitrogen and oxygen atoms in total. The van der Waals surface area contributed by atoms with Gasteiger partial charge in [0.25, 0.3) is 0 Å². The van der Waals surface area contributed by atoms with Gasteiger partial charge in [0, 0.05) is 35.8 Å². The molecule has 2 unspecified atom stereocenters. The van der Waals surface area contributed by atoms with Crippen molar-refractivity contribution < 1.29 is 19.1 Å². The van der Waals surface area contributed by atoms with Crippen LogP contribution < -0.4 is 0 Å². The van der Waals surface area contributed by atoms with Crippen LogP contribution in [-0.2, 0) is 29.9 Å². The van der Waals surface area contributed by atoms with E-state index in [0.29, 0.717) is 12.8 Å². The second kappa shape index (κ2) is 14.3. The topological polar surface area (TPSA) is 59.1 Å². The van der Waals surface area contributed by atoms with Gasteiger partial charge in [0.05, 0.1) is 0 Å². The average Bonchev–Trinajstić information content (AvgIpc) is 3.01. The van der Waals surface area contributed by atoms with Gasteiger partial charge in [0.2, 0.25) is 0 Å². The molecule has 0 amide bonds. The first-order chi connectivity index (χ1) is 20.2. The zero-order valence-corrected chi connectivity index (χ0v) is 25.1. The minimum atomic E-state index is -0.599. The van der Waals surface area contributed by atoms with Gasteiger partial charge in [-0.25, -0.2) is 9.59 Å². The lowest BCUT2D eigenvalue weighted by molar-refractivity contribution is -0.155. The van der Waals surface area contributed by atoms with E-state index in [-0.39, 0.29) is 0 Å². The molecule has 0 fully saturated rings. The lowest BCUT2D eigenvalue weighted by Crippen LogP contribution is -2.39. The summed E-state index contributed by atoms with van der Waals surface area (Å²) >= 11 is 0. The Labute approximate surface area is 250 Å². The number of esters is 2. The van der Waals surface area contributed by atoms with Crippen LogP contribution in [0.5, 0.6) is 0 Å². The second-order valence-corrected chi connectivity index (χ2v) is 11.3. The van der Waals surface area contributed by atoms with Crippen molar-refractivity contribution in [1.29, 1.82) is 0 Å². The number of rotatable bonds is 12. The van der Waals surface area contributed by atoms with E-state index < -0.39 is 35.2 Å². The summed E-state index contributed by atoms with van der Waals surface area (Å²) < 4.78 is 11.7. The number of allylic oxidation sites excluding steroid dienone is 8. The molecule has 42 heavy (non-hydrogen) atoms. The molecule has 0 saturated carbocycles.